The Morgan fingerprint density at radius 3 is 2.73 bits per heavy atom. The van der Waals surface area contributed by atoms with Gasteiger partial charge in [0.25, 0.3) is 0 Å². The normalized spacial score (nSPS) is 27.3. The number of rotatable bonds is 1. The Labute approximate surface area is 89.1 Å². The molecule has 0 bridgehead atoms. The summed E-state index contributed by atoms with van der Waals surface area (Å²) in [5.74, 6) is 0.735. The van der Waals surface area contributed by atoms with E-state index in [1.165, 1.54) is 6.26 Å². The molecule has 1 aromatic heterocycles. The lowest BCUT2D eigenvalue weighted by Gasteiger charge is -2.26. The molecule has 1 aromatic rings. The zero-order chi connectivity index (χ0) is 11.0. The molecule has 15 heavy (non-hydrogen) atoms. The van der Waals surface area contributed by atoms with Crippen molar-refractivity contribution in [3.8, 4) is 0 Å². The Bertz CT molecular complexity index is 403. The largest absolute Gasteiger partial charge is 0.364 e. The summed E-state index contributed by atoms with van der Waals surface area (Å²) in [6.45, 7) is 6.14. The second kappa shape index (κ2) is 3.65. The Morgan fingerprint density at radius 2 is 2.13 bits per heavy atom. The number of ketones is 1. The van der Waals surface area contributed by atoms with Crippen molar-refractivity contribution < 1.29 is 9.32 Å². The van der Waals surface area contributed by atoms with Gasteiger partial charge in [0.15, 0.2) is 5.78 Å². The number of hydrogen-bond acceptors (Lipinski definition) is 3. The smallest absolute Gasteiger partial charge is 0.167 e. The van der Waals surface area contributed by atoms with Crippen LogP contribution >= 0.6 is 0 Å². The number of hydrogen-bond donors (Lipinski definition) is 0. The minimum Gasteiger partial charge on any atom is -0.364 e. The molecule has 0 spiro atoms. The predicted molar refractivity (Wildman–Crippen MR) is 57.0 cm³/mol. The number of nitrogens with zero attached hydrogens (tertiary/aromatic N) is 1. The maximum absolute atomic E-state index is 12.0. The second-order valence-electron chi connectivity index (χ2n) is 4.34. The fourth-order valence-corrected chi connectivity index (χ4v) is 2.17. The molecule has 0 radical (unpaired) electrons. The molecular formula is C12H15NO2. The minimum absolute atomic E-state index is 0.0930. The Morgan fingerprint density at radius 1 is 1.40 bits per heavy atom. The molecule has 0 N–H and O–H groups in total. The van der Waals surface area contributed by atoms with Crippen molar-refractivity contribution in [1.82, 2.24) is 5.16 Å². The van der Waals surface area contributed by atoms with Gasteiger partial charge < -0.3 is 4.52 Å². The van der Waals surface area contributed by atoms with Crippen LogP contribution < -0.4 is 0 Å². The zero-order valence-electron chi connectivity index (χ0n) is 9.28. The van der Waals surface area contributed by atoms with Gasteiger partial charge in [-0.1, -0.05) is 24.6 Å². The summed E-state index contributed by atoms with van der Waals surface area (Å²) < 4.78 is 4.80. The minimum atomic E-state index is 0.0930. The predicted octanol–water partition coefficient (Wildman–Crippen LogP) is 2.69. The number of allylic oxidation sites excluding steroid dienone is 2. The van der Waals surface area contributed by atoms with Crippen molar-refractivity contribution >= 4 is 11.4 Å². The highest BCUT2D eigenvalue weighted by Crippen LogP contribution is 2.35. The van der Waals surface area contributed by atoms with Crippen LogP contribution in [-0.4, -0.2) is 10.9 Å². The highest BCUT2D eigenvalue weighted by atomic mass is 16.5. The van der Waals surface area contributed by atoms with Crippen LogP contribution in [0.1, 0.15) is 32.9 Å². The number of aromatic nitrogens is 1. The van der Waals surface area contributed by atoms with E-state index in [2.05, 4.69) is 12.1 Å². The highest BCUT2D eigenvalue weighted by Gasteiger charge is 2.30. The van der Waals surface area contributed by atoms with Crippen molar-refractivity contribution in [3.63, 3.8) is 0 Å². The van der Waals surface area contributed by atoms with Crippen molar-refractivity contribution in [2.45, 2.75) is 27.2 Å². The van der Waals surface area contributed by atoms with Gasteiger partial charge in [-0.05, 0) is 19.3 Å². The first kappa shape index (κ1) is 10.1. The van der Waals surface area contributed by atoms with Crippen LogP contribution in [-0.2, 0) is 4.79 Å². The van der Waals surface area contributed by atoms with Crippen LogP contribution in [0.4, 0.5) is 0 Å². The molecule has 80 valence electrons. The van der Waals surface area contributed by atoms with Crippen LogP contribution in [0.15, 0.2) is 22.4 Å². The molecule has 0 saturated heterocycles. The average molecular weight is 205 g/mol. The fourth-order valence-electron chi connectivity index (χ4n) is 2.17. The number of carbonyl (C=O) groups is 1. The third-order valence-corrected chi connectivity index (χ3v) is 3.23. The molecule has 1 aliphatic rings. The first-order chi connectivity index (χ1) is 7.11. The summed E-state index contributed by atoms with van der Waals surface area (Å²) in [6.07, 6.45) is 2.44. The molecule has 0 aromatic carbocycles. The van der Waals surface area contributed by atoms with Gasteiger partial charge in [-0.3, -0.25) is 4.79 Å². The number of Topliss-reactive ketones (excluding diaryl/α,β-unsaturated/α-hetero) is 1. The quantitative estimate of drug-likeness (QED) is 0.708. The average Bonchev–Trinajstić information content (AvgIpc) is 2.69. The van der Waals surface area contributed by atoms with E-state index in [9.17, 15) is 4.79 Å². The second-order valence-corrected chi connectivity index (χ2v) is 4.34. The van der Waals surface area contributed by atoms with Crippen molar-refractivity contribution in [3.05, 3.63) is 23.6 Å². The van der Waals surface area contributed by atoms with E-state index in [0.717, 1.165) is 17.6 Å². The summed E-state index contributed by atoms with van der Waals surface area (Å²) in [5.41, 5.74) is 2.57. The lowest BCUT2D eigenvalue weighted by molar-refractivity contribution is -0.117. The summed E-state index contributed by atoms with van der Waals surface area (Å²) in [5, 5.41) is 3.86. The first-order valence-corrected chi connectivity index (χ1v) is 5.27. The summed E-state index contributed by atoms with van der Waals surface area (Å²) in [4.78, 5) is 12.0. The molecule has 3 heteroatoms. The van der Waals surface area contributed by atoms with Crippen LogP contribution in [0.3, 0.4) is 0 Å². The first-order valence-electron chi connectivity index (χ1n) is 5.27. The molecule has 2 unspecified atom stereocenters. The molecule has 2 atom stereocenters. The van der Waals surface area contributed by atoms with E-state index in [1.807, 2.05) is 13.8 Å². The summed E-state index contributed by atoms with van der Waals surface area (Å²) in [6, 6.07) is 1.75. The SMILES string of the molecule is CC1=C(c2ccon2)C(=O)C(C)CC1C. The van der Waals surface area contributed by atoms with Crippen LogP contribution in [0.2, 0.25) is 0 Å². The molecule has 2 rings (SSSR count). The van der Waals surface area contributed by atoms with E-state index in [-0.39, 0.29) is 11.7 Å². The van der Waals surface area contributed by atoms with E-state index < -0.39 is 0 Å². The Balaban J connectivity index is 2.51. The lowest BCUT2D eigenvalue weighted by Crippen LogP contribution is -2.23. The van der Waals surface area contributed by atoms with Gasteiger partial charge in [-0.15, -0.1) is 0 Å². The van der Waals surface area contributed by atoms with E-state index in [4.69, 9.17) is 4.52 Å². The van der Waals surface area contributed by atoms with Crippen LogP contribution in [0.5, 0.6) is 0 Å². The molecule has 0 aliphatic heterocycles. The molecule has 1 heterocycles. The third-order valence-electron chi connectivity index (χ3n) is 3.23. The molecule has 3 nitrogen and oxygen atoms in total. The van der Waals surface area contributed by atoms with Gasteiger partial charge in [0.05, 0.1) is 0 Å². The van der Waals surface area contributed by atoms with E-state index >= 15 is 0 Å². The topological polar surface area (TPSA) is 43.1 Å². The highest BCUT2D eigenvalue weighted by molar-refractivity contribution is 6.22. The van der Waals surface area contributed by atoms with Gasteiger partial charge >= 0.3 is 0 Å². The maximum Gasteiger partial charge on any atom is 0.167 e. The standard InChI is InChI=1S/C12H15NO2/c1-7-6-8(2)12(14)11(9(7)3)10-4-5-15-13-10/h4-5,7-8H,6H2,1-3H3. The van der Waals surface area contributed by atoms with Crippen LogP contribution in [0, 0.1) is 11.8 Å². The molecule has 0 saturated carbocycles. The van der Waals surface area contributed by atoms with Crippen molar-refractivity contribution in [1.29, 1.82) is 0 Å². The van der Waals surface area contributed by atoms with Gasteiger partial charge in [-0.2, -0.15) is 0 Å². The lowest BCUT2D eigenvalue weighted by atomic mass is 9.77. The van der Waals surface area contributed by atoms with Crippen molar-refractivity contribution in [2.24, 2.45) is 11.8 Å². The van der Waals surface area contributed by atoms with Crippen molar-refractivity contribution in [2.75, 3.05) is 0 Å². The number of carbonyl (C=O) groups excluding carboxylic acids is 1. The monoisotopic (exact) mass is 205 g/mol. The summed E-state index contributed by atoms with van der Waals surface area (Å²) in [7, 11) is 0. The Kier molecular flexibility index (Phi) is 2.47. The van der Waals surface area contributed by atoms with Gasteiger partial charge in [0.1, 0.15) is 12.0 Å². The van der Waals surface area contributed by atoms with Crippen LogP contribution in [0.25, 0.3) is 5.57 Å². The fraction of sp³-hybridized carbons (Fsp3) is 0.500. The van der Waals surface area contributed by atoms with Gasteiger partial charge in [0.2, 0.25) is 0 Å². The Hall–Kier alpha value is -1.38. The third kappa shape index (κ3) is 1.62. The zero-order valence-corrected chi connectivity index (χ0v) is 9.28. The molecular weight excluding hydrogens is 190 g/mol. The van der Waals surface area contributed by atoms with Gasteiger partial charge in [-0.25, -0.2) is 0 Å². The maximum atomic E-state index is 12.0. The molecule has 0 fully saturated rings. The van der Waals surface area contributed by atoms with E-state index in [1.54, 1.807) is 6.07 Å². The molecule has 0 amide bonds. The molecule has 1 aliphatic carbocycles. The van der Waals surface area contributed by atoms with Gasteiger partial charge in [0, 0.05) is 17.6 Å². The summed E-state index contributed by atoms with van der Waals surface area (Å²) >= 11 is 0. The van der Waals surface area contributed by atoms with E-state index in [0.29, 0.717) is 11.6 Å².